The van der Waals surface area contributed by atoms with E-state index >= 15 is 0 Å². The summed E-state index contributed by atoms with van der Waals surface area (Å²) in [7, 11) is 1.41. The number of carbonyl (C=O) groups excluding carboxylic acids is 4. The van der Waals surface area contributed by atoms with E-state index < -0.39 is 23.7 Å². The molecule has 0 spiro atoms. The van der Waals surface area contributed by atoms with E-state index in [1.54, 1.807) is 6.07 Å². The number of rotatable bonds is 6. The third-order valence-electron chi connectivity index (χ3n) is 4.12. The Hall–Kier alpha value is -2.62. The van der Waals surface area contributed by atoms with E-state index in [-0.39, 0.29) is 33.8 Å². The minimum Gasteiger partial charge on any atom is -0.452 e. The zero-order valence-electron chi connectivity index (χ0n) is 15.6. The van der Waals surface area contributed by atoms with Crippen molar-refractivity contribution in [2.75, 3.05) is 19.0 Å². The first-order chi connectivity index (χ1) is 14.3. The molecule has 1 saturated heterocycles. The third-order valence-corrected chi connectivity index (χ3v) is 6.06. The number of imide groups is 1. The second-order valence-corrected chi connectivity index (χ2v) is 8.22. The third kappa shape index (κ3) is 5.10. The summed E-state index contributed by atoms with van der Waals surface area (Å²) in [6.45, 7) is -0.540. The average Bonchev–Trinajstić information content (AvgIpc) is 2.96. The minimum absolute atomic E-state index is 0.0249. The normalized spacial score (nSPS) is 16.0. The van der Waals surface area contributed by atoms with Gasteiger partial charge in [-0.15, -0.1) is 0 Å². The van der Waals surface area contributed by atoms with Crippen LogP contribution >= 0.6 is 35.0 Å². The number of nitrogens with zero attached hydrogens (tertiary/aromatic N) is 2. The molecular weight excluding hydrogens is 453 g/mol. The molecule has 1 atom stereocenters. The summed E-state index contributed by atoms with van der Waals surface area (Å²) in [5.41, 5.74) is 0.497. The predicted molar refractivity (Wildman–Crippen MR) is 112 cm³/mol. The van der Waals surface area contributed by atoms with Crippen LogP contribution in [0.5, 0.6) is 0 Å². The largest absolute Gasteiger partial charge is 0.452 e. The zero-order valence-corrected chi connectivity index (χ0v) is 17.9. The van der Waals surface area contributed by atoms with Crippen molar-refractivity contribution in [2.45, 2.75) is 16.7 Å². The number of hydrogen-bond donors (Lipinski definition) is 1. The van der Waals surface area contributed by atoms with E-state index in [0.29, 0.717) is 10.7 Å². The zero-order chi connectivity index (χ0) is 21.8. The monoisotopic (exact) mass is 467 g/mol. The van der Waals surface area contributed by atoms with Crippen LogP contribution in [0.3, 0.4) is 0 Å². The number of benzene rings is 1. The number of esters is 1. The molecule has 0 radical (unpaired) electrons. The summed E-state index contributed by atoms with van der Waals surface area (Å²) in [6, 6.07) is 7.55. The van der Waals surface area contributed by atoms with Crippen LogP contribution in [0.15, 0.2) is 41.6 Å². The lowest BCUT2D eigenvalue weighted by atomic mass is 10.3. The number of halogens is 2. The van der Waals surface area contributed by atoms with Crippen molar-refractivity contribution in [1.82, 2.24) is 9.88 Å². The van der Waals surface area contributed by atoms with Crippen LogP contribution < -0.4 is 5.32 Å². The molecular formula is C19H15Cl2N3O5S. The molecule has 1 unspecified atom stereocenters. The van der Waals surface area contributed by atoms with Crippen LogP contribution in [-0.4, -0.2) is 52.5 Å². The van der Waals surface area contributed by atoms with E-state index in [4.69, 9.17) is 27.9 Å². The molecule has 0 bridgehead atoms. The Balaban J connectivity index is 1.61. The smallest absolute Gasteiger partial charge is 0.341 e. The van der Waals surface area contributed by atoms with Gasteiger partial charge in [-0.1, -0.05) is 35.0 Å². The number of carbonyl (C=O) groups is 4. The first-order valence-electron chi connectivity index (χ1n) is 8.60. The van der Waals surface area contributed by atoms with Gasteiger partial charge in [-0.25, -0.2) is 9.78 Å². The van der Waals surface area contributed by atoms with E-state index in [0.717, 1.165) is 16.7 Å². The molecule has 8 nitrogen and oxygen atoms in total. The summed E-state index contributed by atoms with van der Waals surface area (Å²) < 4.78 is 5.06. The van der Waals surface area contributed by atoms with E-state index in [1.165, 1.54) is 37.5 Å². The molecule has 156 valence electrons. The van der Waals surface area contributed by atoms with Gasteiger partial charge in [0.25, 0.3) is 5.91 Å². The lowest BCUT2D eigenvalue weighted by Crippen LogP contribution is -2.26. The van der Waals surface area contributed by atoms with E-state index in [9.17, 15) is 19.2 Å². The fraction of sp³-hybridized carbons (Fsp3) is 0.211. The van der Waals surface area contributed by atoms with Crippen LogP contribution in [-0.2, 0) is 19.1 Å². The van der Waals surface area contributed by atoms with Gasteiger partial charge in [0.2, 0.25) is 11.8 Å². The van der Waals surface area contributed by atoms with Crippen molar-refractivity contribution in [3.8, 4) is 0 Å². The first kappa shape index (κ1) is 22.1. The van der Waals surface area contributed by atoms with Crippen molar-refractivity contribution in [3.63, 3.8) is 0 Å². The molecule has 1 N–H and O–H groups in total. The number of nitrogens with one attached hydrogen (secondary N) is 1. The number of thioether (sulfide) groups is 1. The Morgan fingerprint density at radius 3 is 2.70 bits per heavy atom. The highest BCUT2D eigenvalue weighted by Gasteiger charge is 2.37. The van der Waals surface area contributed by atoms with Gasteiger partial charge in [0.15, 0.2) is 6.61 Å². The molecule has 1 fully saturated rings. The quantitative estimate of drug-likeness (QED) is 0.513. The van der Waals surface area contributed by atoms with Gasteiger partial charge in [0, 0.05) is 25.4 Å². The second kappa shape index (κ2) is 9.46. The maximum Gasteiger partial charge on any atom is 0.341 e. The van der Waals surface area contributed by atoms with Crippen LogP contribution in [0, 0.1) is 0 Å². The summed E-state index contributed by atoms with van der Waals surface area (Å²) in [5, 5.41) is 2.73. The summed E-state index contributed by atoms with van der Waals surface area (Å²) >= 11 is 12.7. The van der Waals surface area contributed by atoms with Crippen LogP contribution in [0.2, 0.25) is 10.0 Å². The lowest BCUT2D eigenvalue weighted by molar-refractivity contribution is -0.136. The van der Waals surface area contributed by atoms with Crippen molar-refractivity contribution >= 4 is 64.3 Å². The molecule has 3 rings (SSSR count). The Bertz CT molecular complexity index is 1030. The van der Waals surface area contributed by atoms with Gasteiger partial charge in [0.1, 0.15) is 5.03 Å². The van der Waals surface area contributed by atoms with Gasteiger partial charge < -0.3 is 10.1 Å². The van der Waals surface area contributed by atoms with Gasteiger partial charge in [-0.3, -0.25) is 19.3 Å². The van der Waals surface area contributed by atoms with Gasteiger partial charge in [0.05, 0.1) is 20.9 Å². The van der Waals surface area contributed by atoms with Crippen LogP contribution in [0.1, 0.15) is 16.8 Å². The average molecular weight is 468 g/mol. The Morgan fingerprint density at radius 2 is 2.03 bits per heavy atom. The lowest BCUT2D eigenvalue weighted by Gasteiger charge is -2.11. The summed E-state index contributed by atoms with van der Waals surface area (Å²) in [5.74, 6) is -1.99. The molecule has 1 aliphatic rings. The number of anilines is 1. The minimum atomic E-state index is -0.778. The molecule has 2 aromatic rings. The molecule has 30 heavy (non-hydrogen) atoms. The van der Waals surface area contributed by atoms with Gasteiger partial charge in [-0.05, 0) is 30.3 Å². The van der Waals surface area contributed by atoms with Crippen molar-refractivity contribution in [1.29, 1.82) is 0 Å². The topological polar surface area (TPSA) is 106 Å². The van der Waals surface area contributed by atoms with Gasteiger partial charge >= 0.3 is 5.97 Å². The van der Waals surface area contributed by atoms with Crippen LogP contribution in [0.25, 0.3) is 0 Å². The number of pyridine rings is 1. The van der Waals surface area contributed by atoms with Crippen molar-refractivity contribution in [3.05, 3.63) is 52.1 Å². The predicted octanol–water partition coefficient (Wildman–Crippen LogP) is 3.03. The Kier molecular flexibility index (Phi) is 6.96. The number of likely N-dealkylation sites (tertiary alicyclic amines) is 1. The maximum atomic E-state index is 12.4. The maximum absolute atomic E-state index is 12.4. The number of ether oxygens (including phenoxy) is 1. The second-order valence-electron chi connectivity index (χ2n) is 6.21. The Labute approximate surface area is 185 Å². The molecule has 1 aromatic carbocycles. The molecule has 1 aromatic heterocycles. The van der Waals surface area contributed by atoms with Gasteiger partial charge in [-0.2, -0.15) is 0 Å². The molecule has 0 saturated carbocycles. The summed E-state index contributed by atoms with van der Waals surface area (Å²) in [6.07, 6.45) is 1.48. The molecule has 3 amide bonds. The molecule has 0 aliphatic carbocycles. The van der Waals surface area contributed by atoms with Crippen molar-refractivity contribution < 1.29 is 23.9 Å². The number of hydrogen-bond acceptors (Lipinski definition) is 7. The summed E-state index contributed by atoms with van der Waals surface area (Å²) in [4.78, 5) is 53.5. The molecule has 1 aliphatic heterocycles. The number of aromatic nitrogens is 1. The molecule has 11 heteroatoms. The SMILES string of the molecule is CN1C(=O)CC(Sc2ncccc2C(=O)OCC(=O)Nc2ccc(Cl)c(Cl)c2)C1=O. The fourth-order valence-electron chi connectivity index (χ4n) is 2.57. The fourth-order valence-corrected chi connectivity index (χ4v) is 4.02. The highest BCUT2D eigenvalue weighted by atomic mass is 35.5. The molecule has 2 heterocycles. The highest BCUT2D eigenvalue weighted by molar-refractivity contribution is 8.00. The standard InChI is InChI=1S/C19H15Cl2N3O5S/c1-24-16(26)8-14(18(24)27)30-17-11(3-2-6-22-17)19(28)29-9-15(25)23-10-4-5-12(20)13(21)7-10/h2-7,14H,8-9H2,1H3,(H,23,25). The number of amides is 3. The Morgan fingerprint density at radius 1 is 1.27 bits per heavy atom. The van der Waals surface area contributed by atoms with Crippen LogP contribution in [0.4, 0.5) is 5.69 Å². The first-order valence-corrected chi connectivity index (χ1v) is 10.2. The van der Waals surface area contributed by atoms with E-state index in [1.807, 2.05) is 0 Å². The van der Waals surface area contributed by atoms with Crippen molar-refractivity contribution in [2.24, 2.45) is 0 Å². The van der Waals surface area contributed by atoms with E-state index in [2.05, 4.69) is 10.3 Å². The highest BCUT2D eigenvalue weighted by Crippen LogP contribution is 2.32.